The van der Waals surface area contributed by atoms with Gasteiger partial charge < -0.3 is 14.1 Å². The van der Waals surface area contributed by atoms with Crippen LogP contribution in [0.1, 0.15) is 60.8 Å². The Morgan fingerprint density at radius 3 is 2.00 bits per heavy atom. The molecule has 1 N–H and O–H groups in total. The number of nitrogens with zero attached hydrogens (tertiary/aromatic N) is 2. The van der Waals surface area contributed by atoms with Crippen LogP contribution in [0.2, 0.25) is 6.04 Å². The highest BCUT2D eigenvalue weighted by atomic mass is 28.4. The van der Waals surface area contributed by atoms with Crippen LogP contribution < -0.4 is 0 Å². The van der Waals surface area contributed by atoms with Gasteiger partial charge in [-0.05, 0) is 67.3 Å². The van der Waals surface area contributed by atoms with Gasteiger partial charge in [0.2, 0.25) is 0 Å². The van der Waals surface area contributed by atoms with Gasteiger partial charge in [0.25, 0.3) is 0 Å². The second-order valence-electron chi connectivity index (χ2n) is 7.87. The third-order valence-corrected chi connectivity index (χ3v) is 9.06. The molecule has 0 aromatic heterocycles. The minimum atomic E-state index is -2.26. The van der Waals surface area contributed by atoms with Crippen LogP contribution in [0.3, 0.4) is 0 Å². The van der Waals surface area contributed by atoms with Crippen molar-refractivity contribution in [2.75, 3.05) is 19.8 Å². The van der Waals surface area contributed by atoms with E-state index >= 15 is 0 Å². The van der Waals surface area contributed by atoms with Crippen LogP contribution in [0.25, 0.3) is 0 Å². The minimum absolute atomic E-state index is 0.229. The zero-order valence-electron chi connectivity index (χ0n) is 15.2. The van der Waals surface area contributed by atoms with E-state index in [0.29, 0.717) is 19.3 Å². The first-order chi connectivity index (χ1) is 10.2. The van der Waals surface area contributed by atoms with E-state index in [4.69, 9.17) is 8.85 Å². The van der Waals surface area contributed by atoms with Crippen molar-refractivity contribution in [2.24, 2.45) is 0 Å². The van der Waals surface area contributed by atoms with Crippen LogP contribution in [-0.2, 0) is 8.85 Å². The predicted octanol–water partition coefficient (Wildman–Crippen LogP) is 3.11. The summed E-state index contributed by atoms with van der Waals surface area (Å²) < 4.78 is 15.0. The van der Waals surface area contributed by atoms with E-state index in [-0.39, 0.29) is 11.1 Å². The van der Waals surface area contributed by atoms with E-state index in [2.05, 4.69) is 46.1 Å². The molecule has 22 heavy (non-hydrogen) atoms. The number of hydrogen-bond acceptors (Lipinski definition) is 5. The van der Waals surface area contributed by atoms with Crippen molar-refractivity contribution in [1.29, 1.82) is 0 Å². The Morgan fingerprint density at radius 2 is 1.55 bits per heavy atom. The molecule has 0 saturated carbocycles. The van der Waals surface area contributed by atoms with Gasteiger partial charge >= 0.3 is 8.72 Å². The largest absolute Gasteiger partial charge is 0.428 e. The molecule has 2 fully saturated rings. The fraction of sp³-hybridized carbons (Fsp3) is 1.00. The summed E-state index contributed by atoms with van der Waals surface area (Å²) in [5, 5.41) is 12.1. The summed E-state index contributed by atoms with van der Waals surface area (Å²) in [6.07, 6.45) is 3.05. The molecule has 0 unspecified atom stereocenters. The highest BCUT2D eigenvalue weighted by Gasteiger charge is 2.55. The van der Waals surface area contributed by atoms with Gasteiger partial charge in [0, 0.05) is 36.4 Å². The Morgan fingerprint density at radius 1 is 1.05 bits per heavy atom. The fourth-order valence-corrected chi connectivity index (χ4v) is 8.22. The molecule has 2 saturated heterocycles. The molecule has 0 amide bonds. The Hall–Kier alpha value is 0.0169. The highest BCUT2D eigenvalue weighted by Crippen LogP contribution is 2.42. The minimum Gasteiger partial charge on any atom is -0.383 e. The zero-order valence-corrected chi connectivity index (χ0v) is 16.2. The lowest BCUT2D eigenvalue weighted by molar-refractivity contribution is -0.250. The molecule has 6 heteroatoms. The molecule has 2 rings (SSSR count). The van der Waals surface area contributed by atoms with Crippen molar-refractivity contribution in [2.45, 2.75) is 84.0 Å². The Labute approximate surface area is 136 Å². The lowest BCUT2D eigenvalue weighted by Gasteiger charge is -2.54. The Kier molecular flexibility index (Phi) is 5.42. The monoisotopic (exact) mass is 330 g/mol. The molecular formula is C16H34N2O3Si. The molecule has 0 spiro atoms. The normalized spacial score (nSPS) is 29.0. The predicted molar refractivity (Wildman–Crippen MR) is 89.9 cm³/mol. The maximum atomic E-state index is 10.5. The maximum Gasteiger partial charge on any atom is 0.428 e. The van der Waals surface area contributed by atoms with Gasteiger partial charge in [-0.3, -0.25) is 4.57 Å². The molecule has 2 aliphatic rings. The van der Waals surface area contributed by atoms with Gasteiger partial charge in [0.15, 0.2) is 0 Å². The van der Waals surface area contributed by atoms with Crippen LogP contribution in [0.15, 0.2) is 0 Å². The lowest BCUT2D eigenvalue weighted by atomic mass is 9.79. The average molecular weight is 331 g/mol. The highest BCUT2D eigenvalue weighted by molar-refractivity contribution is 6.65. The maximum absolute atomic E-state index is 10.5. The summed E-state index contributed by atoms with van der Waals surface area (Å²) in [5.41, 5.74) is -0.457. The van der Waals surface area contributed by atoms with E-state index in [9.17, 15) is 5.21 Å². The molecule has 0 aliphatic carbocycles. The average Bonchev–Trinajstić information content (AvgIpc) is 2.80. The van der Waals surface area contributed by atoms with Crippen molar-refractivity contribution in [3.63, 3.8) is 0 Å². The van der Waals surface area contributed by atoms with E-state index in [0.717, 1.165) is 31.9 Å². The quantitative estimate of drug-likeness (QED) is 0.785. The topological polar surface area (TPSA) is 45.2 Å². The molecule has 2 heterocycles. The molecular weight excluding hydrogens is 296 g/mol. The number of hydroxylamine groups is 2. The van der Waals surface area contributed by atoms with Crippen LogP contribution in [0, 0.1) is 0 Å². The summed E-state index contributed by atoms with van der Waals surface area (Å²) in [5.74, 6) is 0. The fourth-order valence-electron chi connectivity index (χ4n) is 4.49. The molecule has 0 bridgehead atoms. The molecule has 0 aromatic carbocycles. The molecule has 130 valence electrons. The summed E-state index contributed by atoms with van der Waals surface area (Å²) in [6.45, 7) is 15.1. The number of rotatable bonds is 5. The molecule has 0 aromatic rings. The van der Waals surface area contributed by atoms with Crippen molar-refractivity contribution >= 4 is 8.72 Å². The second kappa shape index (κ2) is 6.49. The van der Waals surface area contributed by atoms with Crippen LogP contribution in [0.5, 0.6) is 0 Å². The Balaban J connectivity index is 2.25. The van der Waals surface area contributed by atoms with Crippen molar-refractivity contribution in [1.82, 2.24) is 9.63 Å². The van der Waals surface area contributed by atoms with Crippen molar-refractivity contribution in [3.8, 4) is 0 Å². The van der Waals surface area contributed by atoms with E-state index < -0.39 is 8.72 Å². The summed E-state index contributed by atoms with van der Waals surface area (Å²) in [6, 6.07) is 1.48. The SMILES string of the molecule is CCO[Si]1(OCC)CCCN1C1CC(C)(C)N(O)C(C)(C)C1. The first kappa shape index (κ1) is 18.4. The molecule has 5 nitrogen and oxygen atoms in total. The van der Waals surface area contributed by atoms with Gasteiger partial charge in [-0.2, -0.15) is 5.06 Å². The van der Waals surface area contributed by atoms with Gasteiger partial charge in [0.05, 0.1) is 0 Å². The smallest absolute Gasteiger partial charge is 0.383 e. The lowest BCUT2D eigenvalue weighted by Crippen LogP contribution is -2.67. The third-order valence-electron chi connectivity index (χ3n) is 5.13. The first-order valence-corrected chi connectivity index (χ1v) is 10.7. The summed E-state index contributed by atoms with van der Waals surface area (Å²) in [7, 11) is -2.26. The standard InChI is InChI=1S/C16H34N2O3Si/c1-7-20-22(21-8-2)11-9-10-17(22)14-12-15(3,4)18(19)16(5,6)13-14/h14,19H,7-13H2,1-6H3. The summed E-state index contributed by atoms with van der Waals surface area (Å²) in [4.78, 5) is 0. The molecule has 2 aliphatic heterocycles. The van der Waals surface area contributed by atoms with Crippen LogP contribution >= 0.6 is 0 Å². The van der Waals surface area contributed by atoms with Crippen molar-refractivity contribution < 1.29 is 14.1 Å². The molecule has 0 atom stereocenters. The Bertz CT molecular complexity index is 366. The summed E-state index contributed by atoms with van der Waals surface area (Å²) >= 11 is 0. The van der Waals surface area contributed by atoms with Gasteiger partial charge in [0.1, 0.15) is 0 Å². The van der Waals surface area contributed by atoms with E-state index in [1.807, 2.05) is 0 Å². The first-order valence-electron chi connectivity index (χ1n) is 8.72. The van der Waals surface area contributed by atoms with E-state index in [1.165, 1.54) is 0 Å². The van der Waals surface area contributed by atoms with Crippen LogP contribution in [0.4, 0.5) is 0 Å². The molecule has 0 radical (unpaired) electrons. The van der Waals surface area contributed by atoms with Gasteiger partial charge in [-0.1, -0.05) is 0 Å². The number of piperidine rings is 1. The zero-order chi connectivity index (χ0) is 16.6. The third kappa shape index (κ3) is 3.27. The van der Waals surface area contributed by atoms with Crippen molar-refractivity contribution in [3.05, 3.63) is 0 Å². The van der Waals surface area contributed by atoms with Crippen LogP contribution in [-0.4, -0.2) is 60.4 Å². The van der Waals surface area contributed by atoms with E-state index in [1.54, 1.807) is 5.06 Å². The number of hydrogen-bond donors (Lipinski definition) is 1. The van der Waals surface area contributed by atoms with Gasteiger partial charge in [-0.15, -0.1) is 0 Å². The second-order valence-corrected chi connectivity index (χ2v) is 11.0. The van der Waals surface area contributed by atoms with Gasteiger partial charge in [-0.25, -0.2) is 0 Å².